The predicted octanol–water partition coefficient (Wildman–Crippen LogP) is 1.54. The fraction of sp³-hybridized carbons (Fsp3) is 0.167. The Labute approximate surface area is 62.8 Å². The van der Waals surface area contributed by atoms with E-state index in [1.54, 1.807) is 0 Å². The van der Waals surface area contributed by atoms with Crippen molar-refractivity contribution in [3.8, 4) is 0 Å². The minimum absolute atomic E-state index is 0.163. The number of nitrogen functional groups attached to an aromatic ring is 1. The minimum atomic E-state index is -0.587. The molecule has 1 heterocycles. The molecule has 0 fully saturated rings. The van der Waals surface area contributed by atoms with Crippen LogP contribution in [-0.4, -0.2) is 4.98 Å². The van der Waals surface area contributed by atoms with Gasteiger partial charge >= 0.3 is 0 Å². The highest BCUT2D eigenvalue weighted by molar-refractivity contribution is 6.17. The van der Waals surface area contributed by atoms with Crippen LogP contribution in [0.3, 0.4) is 0 Å². The normalized spacial score (nSPS) is 9.80. The van der Waals surface area contributed by atoms with Crippen LogP contribution in [-0.2, 0) is 5.88 Å². The van der Waals surface area contributed by atoms with Crippen molar-refractivity contribution < 1.29 is 4.39 Å². The summed E-state index contributed by atoms with van der Waals surface area (Å²) in [5.41, 5.74) is 5.87. The van der Waals surface area contributed by atoms with Crippen LogP contribution >= 0.6 is 11.6 Å². The summed E-state index contributed by atoms with van der Waals surface area (Å²) in [5.74, 6) is -0.171. The number of nitrogens with zero attached hydrogens (tertiary/aromatic N) is 1. The monoisotopic (exact) mass is 160 g/mol. The molecular formula is C6H6ClFN2. The molecule has 0 aliphatic carbocycles. The number of rotatable bonds is 1. The maximum absolute atomic E-state index is 12.4. The first kappa shape index (κ1) is 7.28. The molecule has 0 bridgehead atoms. The molecule has 0 atom stereocenters. The lowest BCUT2D eigenvalue weighted by Crippen LogP contribution is -1.94. The van der Waals surface area contributed by atoms with Crippen LogP contribution in [0.1, 0.15) is 5.56 Å². The molecule has 0 aliphatic rings. The zero-order chi connectivity index (χ0) is 7.56. The molecule has 10 heavy (non-hydrogen) atoms. The van der Waals surface area contributed by atoms with E-state index in [1.165, 1.54) is 12.1 Å². The first-order chi connectivity index (χ1) is 4.72. The largest absolute Gasteiger partial charge is 0.384 e. The Bertz CT molecular complexity index is 219. The fourth-order valence-electron chi connectivity index (χ4n) is 0.650. The fourth-order valence-corrected chi connectivity index (χ4v) is 0.804. The van der Waals surface area contributed by atoms with E-state index in [1.807, 2.05) is 0 Å². The summed E-state index contributed by atoms with van der Waals surface area (Å²) in [7, 11) is 0. The lowest BCUT2D eigenvalue weighted by molar-refractivity contribution is 0.584. The Morgan fingerprint density at radius 2 is 2.30 bits per heavy atom. The number of halogens is 2. The van der Waals surface area contributed by atoms with Crippen LogP contribution in [0.5, 0.6) is 0 Å². The molecule has 2 nitrogen and oxygen atoms in total. The first-order valence-corrected chi connectivity index (χ1v) is 3.23. The molecular weight excluding hydrogens is 155 g/mol. The molecule has 0 radical (unpaired) electrons. The van der Waals surface area contributed by atoms with Gasteiger partial charge in [0.1, 0.15) is 5.82 Å². The number of nitrogens with two attached hydrogens (primary N) is 1. The second kappa shape index (κ2) is 2.84. The van der Waals surface area contributed by atoms with Gasteiger partial charge in [0.2, 0.25) is 5.95 Å². The third-order valence-electron chi connectivity index (χ3n) is 1.03. The van der Waals surface area contributed by atoms with E-state index in [0.717, 1.165) is 0 Å². The molecule has 1 aromatic heterocycles. The Morgan fingerprint density at radius 3 is 2.80 bits per heavy atom. The van der Waals surface area contributed by atoms with Crippen molar-refractivity contribution in [2.75, 3.05) is 5.73 Å². The first-order valence-electron chi connectivity index (χ1n) is 2.70. The highest BCUT2D eigenvalue weighted by atomic mass is 35.5. The standard InChI is InChI=1S/C6H6ClFN2/c7-3-4-1-5(8)10-6(9)2-4/h1-2H,3H2,(H2,9,10). The lowest BCUT2D eigenvalue weighted by Gasteiger charge is -1.95. The molecule has 0 aliphatic heterocycles. The van der Waals surface area contributed by atoms with Gasteiger partial charge in [-0.1, -0.05) is 0 Å². The summed E-state index contributed by atoms with van der Waals surface area (Å²) in [5, 5.41) is 0. The van der Waals surface area contributed by atoms with E-state index in [4.69, 9.17) is 17.3 Å². The van der Waals surface area contributed by atoms with Crippen LogP contribution in [0.25, 0.3) is 0 Å². The number of hydrogen-bond acceptors (Lipinski definition) is 2. The van der Waals surface area contributed by atoms with Crippen molar-refractivity contribution in [2.24, 2.45) is 0 Å². The zero-order valence-corrected chi connectivity index (χ0v) is 5.90. The van der Waals surface area contributed by atoms with Crippen molar-refractivity contribution in [1.82, 2.24) is 4.98 Å². The van der Waals surface area contributed by atoms with Gasteiger partial charge in [-0.05, 0) is 17.7 Å². The van der Waals surface area contributed by atoms with Gasteiger partial charge in [-0.3, -0.25) is 0 Å². The maximum Gasteiger partial charge on any atom is 0.215 e. The van der Waals surface area contributed by atoms with Crippen LogP contribution in [0.15, 0.2) is 12.1 Å². The van der Waals surface area contributed by atoms with Gasteiger partial charge in [0.25, 0.3) is 0 Å². The van der Waals surface area contributed by atoms with E-state index in [2.05, 4.69) is 4.98 Å². The molecule has 0 aromatic carbocycles. The summed E-state index contributed by atoms with van der Waals surface area (Å²) >= 11 is 5.42. The van der Waals surface area contributed by atoms with Crippen LogP contribution < -0.4 is 5.73 Å². The second-order valence-corrected chi connectivity index (χ2v) is 2.12. The van der Waals surface area contributed by atoms with Crippen molar-refractivity contribution >= 4 is 17.4 Å². The molecule has 1 aromatic rings. The van der Waals surface area contributed by atoms with Crippen molar-refractivity contribution in [3.05, 3.63) is 23.6 Å². The summed E-state index contributed by atoms with van der Waals surface area (Å²) in [4.78, 5) is 3.33. The molecule has 54 valence electrons. The lowest BCUT2D eigenvalue weighted by atomic mass is 10.3. The average Bonchev–Trinajstić information content (AvgIpc) is 1.85. The van der Waals surface area contributed by atoms with E-state index >= 15 is 0 Å². The molecule has 0 saturated carbocycles. The van der Waals surface area contributed by atoms with Gasteiger partial charge < -0.3 is 5.73 Å². The Balaban J connectivity index is 3.06. The van der Waals surface area contributed by atoms with Crippen LogP contribution in [0, 0.1) is 5.95 Å². The number of hydrogen-bond donors (Lipinski definition) is 1. The summed E-state index contributed by atoms with van der Waals surface area (Å²) in [6.07, 6.45) is 0. The molecule has 1 rings (SSSR count). The number of anilines is 1. The molecule has 4 heteroatoms. The quantitative estimate of drug-likeness (QED) is 0.500. The Hall–Kier alpha value is -0.830. The minimum Gasteiger partial charge on any atom is -0.384 e. The van der Waals surface area contributed by atoms with Crippen molar-refractivity contribution in [1.29, 1.82) is 0 Å². The van der Waals surface area contributed by atoms with Gasteiger partial charge in [0.15, 0.2) is 0 Å². The molecule has 2 N–H and O–H groups in total. The van der Waals surface area contributed by atoms with Crippen molar-refractivity contribution in [2.45, 2.75) is 5.88 Å². The molecule has 0 saturated heterocycles. The number of pyridine rings is 1. The molecule has 0 amide bonds. The Kier molecular flexibility index (Phi) is 2.06. The maximum atomic E-state index is 12.4. The van der Waals surface area contributed by atoms with E-state index in [9.17, 15) is 4.39 Å². The second-order valence-electron chi connectivity index (χ2n) is 1.86. The number of aromatic nitrogens is 1. The van der Waals surface area contributed by atoms with Crippen LogP contribution in [0.4, 0.5) is 10.2 Å². The zero-order valence-electron chi connectivity index (χ0n) is 5.14. The predicted molar refractivity (Wildman–Crippen MR) is 38.2 cm³/mol. The number of alkyl halides is 1. The average molecular weight is 161 g/mol. The third-order valence-corrected chi connectivity index (χ3v) is 1.34. The highest BCUT2D eigenvalue weighted by Gasteiger charge is 1.96. The van der Waals surface area contributed by atoms with Crippen molar-refractivity contribution in [3.63, 3.8) is 0 Å². The topological polar surface area (TPSA) is 38.9 Å². The van der Waals surface area contributed by atoms with E-state index < -0.39 is 5.95 Å². The summed E-state index contributed by atoms with van der Waals surface area (Å²) < 4.78 is 12.4. The van der Waals surface area contributed by atoms with E-state index in [0.29, 0.717) is 5.56 Å². The molecule has 0 spiro atoms. The highest BCUT2D eigenvalue weighted by Crippen LogP contribution is 2.08. The van der Waals surface area contributed by atoms with E-state index in [-0.39, 0.29) is 11.7 Å². The van der Waals surface area contributed by atoms with Gasteiger partial charge in [-0.2, -0.15) is 4.39 Å². The van der Waals surface area contributed by atoms with Crippen LogP contribution in [0.2, 0.25) is 0 Å². The third kappa shape index (κ3) is 1.57. The molecule has 0 unspecified atom stereocenters. The summed E-state index contributed by atoms with van der Waals surface area (Å²) in [6, 6.07) is 2.79. The van der Waals surface area contributed by atoms with Gasteiger partial charge in [-0.15, -0.1) is 11.6 Å². The van der Waals surface area contributed by atoms with Gasteiger partial charge in [0, 0.05) is 5.88 Å². The van der Waals surface area contributed by atoms with Gasteiger partial charge in [-0.25, -0.2) is 4.98 Å². The SMILES string of the molecule is Nc1cc(CCl)cc(F)n1. The Morgan fingerprint density at radius 1 is 1.60 bits per heavy atom. The summed E-state index contributed by atoms with van der Waals surface area (Å²) in [6.45, 7) is 0. The van der Waals surface area contributed by atoms with Gasteiger partial charge in [0.05, 0.1) is 0 Å². The smallest absolute Gasteiger partial charge is 0.215 e.